The van der Waals surface area contributed by atoms with E-state index >= 15 is 0 Å². The van der Waals surface area contributed by atoms with E-state index in [9.17, 15) is 14.4 Å². The lowest BCUT2D eigenvalue weighted by Gasteiger charge is -2.35. The van der Waals surface area contributed by atoms with Crippen LogP contribution in [-0.4, -0.2) is 36.8 Å². The Bertz CT molecular complexity index is 1370. The van der Waals surface area contributed by atoms with Gasteiger partial charge in [-0.1, -0.05) is 50.7 Å². The molecule has 3 heterocycles. The van der Waals surface area contributed by atoms with Gasteiger partial charge >= 0.3 is 5.69 Å². The molecule has 8 nitrogen and oxygen atoms in total. The quantitative estimate of drug-likeness (QED) is 0.435. The number of rotatable bonds is 3. The molecule has 0 saturated carbocycles. The second-order valence-electron chi connectivity index (χ2n) is 9.58. The number of thioether (sulfide) groups is 1. The molecule has 1 aromatic carbocycles. The number of carbonyl (C=O) groups is 1. The van der Waals surface area contributed by atoms with E-state index < -0.39 is 16.7 Å². The minimum absolute atomic E-state index is 0.0367. The molecule has 3 aromatic rings. The first-order valence-corrected chi connectivity index (χ1v) is 12.0. The highest BCUT2D eigenvalue weighted by Gasteiger charge is 2.29. The van der Waals surface area contributed by atoms with Gasteiger partial charge in [-0.25, -0.2) is 14.8 Å². The number of anilines is 1. The zero-order valence-electron chi connectivity index (χ0n) is 19.9. The summed E-state index contributed by atoms with van der Waals surface area (Å²) < 4.78 is 2.42. The van der Waals surface area contributed by atoms with Crippen molar-refractivity contribution < 1.29 is 4.79 Å². The smallest absolute Gasteiger partial charge is 0.309 e. The van der Waals surface area contributed by atoms with Crippen molar-refractivity contribution in [2.45, 2.75) is 57.0 Å². The number of nitrogens with zero attached hydrogens (tertiary/aromatic N) is 5. The molecule has 1 atom stereocenters. The zero-order valence-corrected chi connectivity index (χ0v) is 20.7. The number of hydrogen-bond acceptors (Lipinski definition) is 6. The van der Waals surface area contributed by atoms with Crippen LogP contribution in [0.25, 0.3) is 11.0 Å². The number of carbonyl (C=O) groups excluding carboxylic acids is 1. The van der Waals surface area contributed by atoms with Crippen LogP contribution in [0.15, 0.2) is 38.9 Å². The summed E-state index contributed by atoms with van der Waals surface area (Å²) in [5, 5.41) is 0.685. The van der Waals surface area contributed by atoms with E-state index in [4.69, 9.17) is 0 Å². The molecule has 33 heavy (non-hydrogen) atoms. The first kappa shape index (κ1) is 23.2. The molecule has 0 fully saturated rings. The van der Waals surface area contributed by atoms with Gasteiger partial charge in [0.1, 0.15) is 16.2 Å². The van der Waals surface area contributed by atoms with E-state index in [1.807, 2.05) is 43.9 Å². The highest BCUT2D eigenvalue weighted by atomic mass is 32.2. The molecular weight excluding hydrogens is 438 g/mol. The standard InChI is InChI=1S/C24H29N5O3S/c1-14-11-12-15-9-7-8-10-16(15)29(14)17(30)13-33-20-18-19(25-22(26-20)24(2,3)4)27(5)23(32)28(6)21(18)31/h7-10,14H,11-13H2,1-6H3. The average molecular weight is 468 g/mol. The molecule has 1 amide bonds. The fourth-order valence-electron chi connectivity index (χ4n) is 4.14. The monoisotopic (exact) mass is 467 g/mol. The molecule has 1 unspecified atom stereocenters. The van der Waals surface area contributed by atoms with Crippen molar-refractivity contribution in [2.24, 2.45) is 14.1 Å². The van der Waals surface area contributed by atoms with Crippen LogP contribution in [0, 0.1) is 0 Å². The number of amides is 1. The van der Waals surface area contributed by atoms with Gasteiger partial charge in [0.05, 0.1) is 5.75 Å². The van der Waals surface area contributed by atoms with Crippen LogP contribution in [-0.2, 0) is 30.7 Å². The SMILES string of the molecule is CC1CCc2ccccc2N1C(=O)CSc1nc(C(C)(C)C)nc2c1c(=O)n(C)c(=O)n2C. The molecule has 0 aliphatic carbocycles. The molecule has 0 bridgehead atoms. The van der Waals surface area contributed by atoms with Crippen molar-refractivity contribution in [3.05, 3.63) is 56.5 Å². The Labute approximate surface area is 196 Å². The van der Waals surface area contributed by atoms with Crippen LogP contribution in [0.2, 0.25) is 0 Å². The molecule has 0 spiro atoms. The highest BCUT2D eigenvalue weighted by Crippen LogP contribution is 2.32. The summed E-state index contributed by atoms with van der Waals surface area (Å²) in [6.45, 7) is 7.97. The average Bonchev–Trinajstić information content (AvgIpc) is 2.78. The summed E-state index contributed by atoms with van der Waals surface area (Å²) in [5.41, 5.74) is 1.10. The second kappa shape index (κ2) is 8.44. The van der Waals surface area contributed by atoms with Gasteiger partial charge in [0.2, 0.25) is 5.91 Å². The van der Waals surface area contributed by atoms with Crippen LogP contribution >= 0.6 is 11.8 Å². The van der Waals surface area contributed by atoms with Gasteiger partial charge in [0.25, 0.3) is 5.56 Å². The first-order valence-electron chi connectivity index (χ1n) is 11.0. The fraction of sp³-hybridized carbons (Fsp3) is 0.458. The molecular formula is C24H29N5O3S. The summed E-state index contributed by atoms with van der Waals surface area (Å²) >= 11 is 1.23. The minimum atomic E-state index is -0.458. The minimum Gasteiger partial charge on any atom is -0.309 e. The van der Waals surface area contributed by atoms with E-state index in [2.05, 4.69) is 23.0 Å². The molecule has 9 heteroatoms. The molecule has 0 saturated heterocycles. The van der Waals surface area contributed by atoms with Gasteiger partial charge in [-0.15, -0.1) is 0 Å². The van der Waals surface area contributed by atoms with E-state index in [0.29, 0.717) is 10.9 Å². The maximum Gasteiger partial charge on any atom is 0.332 e. The number of benzene rings is 1. The third-order valence-corrected chi connectivity index (χ3v) is 7.02. The van der Waals surface area contributed by atoms with Crippen LogP contribution in [0.5, 0.6) is 0 Å². The Morgan fingerprint density at radius 1 is 1.12 bits per heavy atom. The lowest BCUT2D eigenvalue weighted by atomic mass is 9.96. The third-order valence-electron chi connectivity index (χ3n) is 6.06. The van der Waals surface area contributed by atoms with E-state index in [1.54, 1.807) is 7.05 Å². The summed E-state index contributed by atoms with van der Waals surface area (Å²) in [4.78, 5) is 50.0. The van der Waals surface area contributed by atoms with Crippen molar-refractivity contribution in [1.29, 1.82) is 0 Å². The van der Waals surface area contributed by atoms with Gasteiger partial charge in [-0.3, -0.25) is 18.7 Å². The number of para-hydroxylation sites is 1. The number of hydrogen-bond donors (Lipinski definition) is 0. The Hall–Kier alpha value is -2.94. The van der Waals surface area contributed by atoms with Crippen molar-refractivity contribution >= 4 is 34.4 Å². The Morgan fingerprint density at radius 3 is 2.52 bits per heavy atom. The van der Waals surface area contributed by atoms with E-state index in [1.165, 1.54) is 28.9 Å². The maximum atomic E-state index is 13.4. The lowest BCUT2D eigenvalue weighted by Crippen LogP contribution is -2.43. The predicted octanol–water partition coefficient (Wildman–Crippen LogP) is 2.78. The van der Waals surface area contributed by atoms with Crippen LogP contribution in [0.3, 0.4) is 0 Å². The van der Waals surface area contributed by atoms with Crippen LogP contribution in [0.4, 0.5) is 5.69 Å². The van der Waals surface area contributed by atoms with E-state index in [0.717, 1.165) is 23.1 Å². The summed E-state index contributed by atoms with van der Waals surface area (Å²) in [6, 6.07) is 8.08. The van der Waals surface area contributed by atoms with Crippen molar-refractivity contribution in [3.63, 3.8) is 0 Å². The molecule has 1 aliphatic heterocycles. The van der Waals surface area contributed by atoms with Gasteiger partial charge in [-0.05, 0) is 31.4 Å². The summed E-state index contributed by atoms with van der Waals surface area (Å²) in [6.07, 6.45) is 1.85. The predicted molar refractivity (Wildman–Crippen MR) is 131 cm³/mol. The second-order valence-corrected chi connectivity index (χ2v) is 10.5. The van der Waals surface area contributed by atoms with Crippen LogP contribution in [0.1, 0.15) is 45.5 Å². The largest absolute Gasteiger partial charge is 0.332 e. The molecule has 174 valence electrons. The molecule has 2 aromatic heterocycles. The lowest BCUT2D eigenvalue weighted by molar-refractivity contribution is -0.116. The summed E-state index contributed by atoms with van der Waals surface area (Å²) in [7, 11) is 3.03. The number of aromatic nitrogens is 4. The maximum absolute atomic E-state index is 13.4. The Balaban J connectivity index is 1.77. The van der Waals surface area contributed by atoms with Crippen molar-refractivity contribution in [3.8, 4) is 0 Å². The molecule has 0 N–H and O–H groups in total. The van der Waals surface area contributed by atoms with Gasteiger partial charge in [0, 0.05) is 31.2 Å². The van der Waals surface area contributed by atoms with Crippen LogP contribution < -0.4 is 16.1 Å². The first-order chi connectivity index (χ1) is 15.5. The third kappa shape index (κ3) is 4.10. The van der Waals surface area contributed by atoms with Crippen molar-refractivity contribution in [2.75, 3.05) is 10.7 Å². The van der Waals surface area contributed by atoms with Gasteiger partial charge in [0.15, 0.2) is 5.65 Å². The summed E-state index contributed by atoms with van der Waals surface area (Å²) in [5.74, 6) is 0.607. The number of fused-ring (bicyclic) bond motifs is 2. The molecule has 1 aliphatic rings. The fourth-order valence-corrected chi connectivity index (χ4v) is 5.01. The normalized spacial score (nSPS) is 16.2. The van der Waals surface area contributed by atoms with Gasteiger partial charge < -0.3 is 4.90 Å². The highest BCUT2D eigenvalue weighted by molar-refractivity contribution is 8.00. The Morgan fingerprint density at radius 2 is 1.82 bits per heavy atom. The topological polar surface area (TPSA) is 90.1 Å². The Kier molecular flexibility index (Phi) is 5.94. The van der Waals surface area contributed by atoms with E-state index in [-0.39, 0.29) is 28.7 Å². The molecule has 4 rings (SSSR count). The molecule has 0 radical (unpaired) electrons. The number of aryl methyl sites for hydroxylation is 2. The van der Waals surface area contributed by atoms with Crippen molar-refractivity contribution in [1.82, 2.24) is 19.1 Å². The zero-order chi connectivity index (χ0) is 24.1. The van der Waals surface area contributed by atoms with Gasteiger partial charge in [-0.2, -0.15) is 0 Å².